The van der Waals surface area contributed by atoms with Crippen LogP contribution in [0.2, 0.25) is 0 Å². The first-order valence-electron chi connectivity index (χ1n) is 6.32. The minimum atomic E-state index is -0.288. The van der Waals surface area contributed by atoms with Crippen molar-refractivity contribution in [3.05, 3.63) is 16.8 Å². The van der Waals surface area contributed by atoms with Gasteiger partial charge in [-0.15, -0.1) is 5.10 Å². The van der Waals surface area contributed by atoms with Gasteiger partial charge in [0.15, 0.2) is 5.84 Å². The lowest BCUT2D eigenvalue weighted by molar-refractivity contribution is 0.00497. The number of ether oxygens (including phenoxy) is 2. The molecule has 0 aliphatic heterocycles. The summed E-state index contributed by atoms with van der Waals surface area (Å²) in [6, 6.07) is 0. The van der Waals surface area contributed by atoms with Gasteiger partial charge in [-0.3, -0.25) is 0 Å². The van der Waals surface area contributed by atoms with Gasteiger partial charge in [-0.2, -0.15) is 5.10 Å². The van der Waals surface area contributed by atoms with Gasteiger partial charge in [0.05, 0.1) is 23.5 Å². The largest absolute Gasteiger partial charge is 0.476 e. The fourth-order valence-electron chi connectivity index (χ4n) is 1.53. The number of amidine groups is 1. The lowest BCUT2D eigenvalue weighted by Gasteiger charge is -2.22. The highest BCUT2D eigenvalue weighted by Crippen LogP contribution is 2.21. The molecule has 20 heavy (non-hydrogen) atoms. The van der Waals surface area contributed by atoms with Crippen LogP contribution in [0.25, 0.3) is 0 Å². The zero-order chi connectivity index (χ0) is 15.3. The Bertz CT molecular complexity index is 501. The molecular formula is C13H22N4O3. The fraction of sp³-hybridized carbons (Fsp3) is 0.615. The summed E-state index contributed by atoms with van der Waals surface area (Å²) in [6.07, 6.45) is 0.674. The molecule has 0 aromatic carbocycles. The molecule has 0 bridgehead atoms. The van der Waals surface area contributed by atoms with Crippen LogP contribution in [-0.2, 0) is 4.74 Å². The van der Waals surface area contributed by atoms with Crippen LogP contribution in [0.4, 0.5) is 0 Å². The fourth-order valence-corrected chi connectivity index (χ4v) is 1.53. The Morgan fingerprint density at radius 3 is 2.55 bits per heavy atom. The molecule has 0 fully saturated rings. The van der Waals surface area contributed by atoms with E-state index in [-0.39, 0.29) is 17.3 Å². The summed E-state index contributed by atoms with van der Waals surface area (Å²) in [7, 11) is 1.65. The zero-order valence-corrected chi connectivity index (χ0v) is 12.6. The van der Waals surface area contributed by atoms with E-state index in [9.17, 15) is 0 Å². The molecule has 0 radical (unpaired) electrons. The van der Waals surface area contributed by atoms with Gasteiger partial charge in [0, 0.05) is 13.5 Å². The number of methoxy groups -OCH3 is 1. The molecular weight excluding hydrogens is 260 g/mol. The molecule has 7 heteroatoms. The van der Waals surface area contributed by atoms with E-state index in [1.165, 1.54) is 0 Å². The molecule has 0 saturated heterocycles. The number of aromatic nitrogens is 2. The maximum atomic E-state index is 8.86. The highest BCUT2D eigenvalue weighted by Gasteiger charge is 2.19. The summed E-state index contributed by atoms with van der Waals surface area (Å²) in [5.41, 5.74) is 7.34. The Morgan fingerprint density at radius 1 is 1.35 bits per heavy atom. The predicted octanol–water partition coefficient (Wildman–Crippen LogP) is 1.38. The second kappa shape index (κ2) is 6.51. The number of hydrogen-bond acceptors (Lipinski definition) is 6. The molecule has 1 heterocycles. The molecule has 3 N–H and O–H groups in total. The Hall–Kier alpha value is -1.89. The number of oxime groups is 1. The third-order valence-corrected chi connectivity index (χ3v) is 3.28. The molecule has 0 aliphatic carbocycles. The second-order valence-corrected chi connectivity index (χ2v) is 5.14. The van der Waals surface area contributed by atoms with Crippen LogP contribution in [0, 0.1) is 13.8 Å². The van der Waals surface area contributed by atoms with E-state index in [0.717, 1.165) is 5.56 Å². The molecule has 1 rings (SSSR count). The smallest absolute Gasteiger partial charge is 0.244 e. The van der Waals surface area contributed by atoms with Gasteiger partial charge in [0.2, 0.25) is 5.88 Å². The summed E-state index contributed by atoms with van der Waals surface area (Å²) >= 11 is 0. The average Bonchev–Trinajstić information content (AvgIpc) is 2.42. The number of rotatable bonds is 6. The van der Waals surface area contributed by atoms with Crippen LogP contribution in [-0.4, -0.2) is 40.6 Å². The molecule has 7 nitrogen and oxygen atoms in total. The van der Waals surface area contributed by atoms with Gasteiger partial charge in [0.25, 0.3) is 0 Å². The van der Waals surface area contributed by atoms with E-state index in [1.54, 1.807) is 14.0 Å². The quantitative estimate of drug-likeness (QED) is 0.353. The third-order valence-electron chi connectivity index (χ3n) is 3.28. The Kier molecular flexibility index (Phi) is 5.26. The van der Waals surface area contributed by atoms with Crippen molar-refractivity contribution in [2.45, 2.75) is 39.7 Å². The van der Waals surface area contributed by atoms with Crippen LogP contribution >= 0.6 is 0 Å². The first-order valence-corrected chi connectivity index (χ1v) is 6.32. The van der Waals surface area contributed by atoms with Gasteiger partial charge in [0.1, 0.15) is 0 Å². The third kappa shape index (κ3) is 3.80. The van der Waals surface area contributed by atoms with Crippen molar-refractivity contribution >= 4 is 5.84 Å². The topological polar surface area (TPSA) is 103 Å². The second-order valence-electron chi connectivity index (χ2n) is 5.14. The minimum absolute atomic E-state index is 0.0403. The zero-order valence-electron chi connectivity index (χ0n) is 12.6. The lowest BCUT2D eigenvalue weighted by atomic mass is 10.1. The first kappa shape index (κ1) is 16.2. The number of aryl methyl sites for hydroxylation is 1. The monoisotopic (exact) mass is 282 g/mol. The number of nitrogens with zero attached hydrogens (tertiary/aromatic N) is 3. The van der Waals surface area contributed by atoms with Gasteiger partial charge in [-0.1, -0.05) is 5.16 Å². The molecule has 112 valence electrons. The normalized spacial score (nSPS) is 12.6. The minimum Gasteiger partial charge on any atom is -0.476 e. The highest BCUT2D eigenvalue weighted by molar-refractivity contribution is 6.00. The van der Waals surface area contributed by atoms with Crippen molar-refractivity contribution in [2.24, 2.45) is 10.9 Å². The Balaban J connectivity index is 2.93. The summed E-state index contributed by atoms with van der Waals surface area (Å²) < 4.78 is 10.9. The highest BCUT2D eigenvalue weighted by atomic mass is 16.5. The Morgan fingerprint density at radius 2 is 2.00 bits per heavy atom. The van der Waals surface area contributed by atoms with E-state index >= 15 is 0 Å². The standard InChI is InChI=1S/C13H22N4O3/c1-8-9(2)15-16-12(10(8)11(14)17-18)20-7-6-13(3,4)19-5/h18H,6-7H2,1-5H3,(H2,14,17). The number of nitrogens with two attached hydrogens (primary N) is 1. The van der Waals surface area contributed by atoms with Gasteiger partial charge < -0.3 is 20.4 Å². The van der Waals surface area contributed by atoms with E-state index in [0.29, 0.717) is 24.3 Å². The molecule has 0 amide bonds. The molecule has 0 aliphatic rings. The molecule has 1 aromatic rings. The van der Waals surface area contributed by atoms with E-state index in [2.05, 4.69) is 15.4 Å². The maximum absolute atomic E-state index is 8.86. The maximum Gasteiger partial charge on any atom is 0.244 e. The predicted molar refractivity (Wildman–Crippen MR) is 75.2 cm³/mol. The Labute approximate surface area is 118 Å². The van der Waals surface area contributed by atoms with Gasteiger partial charge >= 0.3 is 0 Å². The molecule has 0 unspecified atom stereocenters. The van der Waals surface area contributed by atoms with Crippen molar-refractivity contribution in [1.82, 2.24) is 10.2 Å². The summed E-state index contributed by atoms with van der Waals surface area (Å²) in [6.45, 7) is 7.95. The van der Waals surface area contributed by atoms with E-state index < -0.39 is 0 Å². The van der Waals surface area contributed by atoms with Crippen LogP contribution in [0.1, 0.15) is 37.1 Å². The molecule has 0 spiro atoms. The van der Waals surface area contributed by atoms with Crippen molar-refractivity contribution < 1.29 is 14.7 Å². The van der Waals surface area contributed by atoms with E-state index in [1.807, 2.05) is 20.8 Å². The summed E-state index contributed by atoms with van der Waals surface area (Å²) in [4.78, 5) is 0. The van der Waals surface area contributed by atoms with Crippen LogP contribution in [0.3, 0.4) is 0 Å². The SMILES string of the molecule is COC(C)(C)CCOc1nnc(C)c(C)c1C(N)=NO. The van der Waals surface area contributed by atoms with E-state index in [4.69, 9.17) is 20.4 Å². The van der Waals surface area contributed by atoms with Crippen LogP contribution in [0.15, 0.2) is 5.16 Å². The van der Waals surface area contributed by atoms with Crippen molar-refractivity contribution in [3.8, 4) is 5.88 Å². The summed E-state index contributed by atoms with van der Waals surface area (Å²) in [5, 5.41) is 19.8. The van der Waals surface area contributed by atoms with Crippen LogP contribution < -0.4 is 10.5 Å². The molecule has 0 saturated carbocycles. The average molecular weight is 282 g/mol. The van der Waals surface area contributed by atoms with Crippen molar-refractivity contribution in [2.75, 3.05) is 13.7 Å². The van der Waals surface area contributed by atoms with Crippen molar-refractivity contribution in [1.29, 1.82) is 0 Å². The number of hydrogen-bond donors (Lipinski definition) is 2. The first-order chi connectivity index (χ1) is 9.32. The van der Waals surface area contributed by atoms with Gasteiger partial charge in [-0.25, -0.2) is 0 Å². The molecule has 0 atom stereocenters. The lowest BCUT2D eigenvalue weighted by Crippen LogP contribution is -2.26. The molecule has 1 aromatic heterocycles. The van der Waals surface area contributed by atoms with Crippen molar-refractivity contribution in [3.63, 3.8) is 0 Å². The summed E-state index contributed by atoms with van der Waals surface area (Å²) in [5.74, 6) is 0.219. The van der Waals surface area contributed by atoms with Gasteiger partial charge in [-0.05, 0) is 33.3 Å². The van der Waals surface area contributed by atoms with Crippen LogP contribution in [0.5, 0.6) is 5.88 Å².